The van der Waals surface area contributed by atoms with Gasteiger partial charge in [0.05, 0.1) is 5.88 Å². The topological polar surface area (TPSA) is 30.7 Å². The number of nitrogens with zero attached hydrogens (tertiary/aromatic N) is 3. The minimum absolute atomic E-state index is 0.376. The van der Waals surface area contributed by atoms with Crippen LogP contribution >= 0.6 is 11.6 Å². The fourth-order valence-electron chi connectivity index (χ4n) is 2.16. The third-order valence-electron chi connectivity index (χ3n) is 3.05. The van der Waals surface area contributed by atoms with Crippen molar-refractivity contribution >= 4 is 11.6 Å². The van der Waals surface area contributed by atoms with Crippen LogP contribution < -0.4 is 0 Å². The number of halogens is 1. The molecule has 0 bridgehead atoms. The minimum atomic E-state index is 0.376. The lowest BCUT2D eigenvalue weighted by Gasteiger charge is -2.13. The summed E-state index contributed by atoms with van der Waals surface area (Å²) in [5, 5.41) is 8.51. The molecule has 1 aromatic heterocycles. The van der Waals surface area contributed by atoms with E-state index in [9.17, 15) is 0 Å². The van der Waals surface area contributed by atoms with Crippen LogP contribution in [0.4, 0.5) is 0 Å². The zero-order chi connectivity index (χ0) is 13.0. The lowest BCUT2D eigenvalue weighted by atomic mass is 10.1. The van der Waals surface area contributed by atoms with Gasteiger partial charge >= 0.3 is 0 Å². The predicted molar refractivity (Wildman–Crippen MR) is 74.2 cm³/mol. The molecule has 4 heteroatoms. The SMILES string of the molecule is CCCC(C)c1nnc(CCl)n1-c1ccccc1. The van der Waals surface area contributed by atoms with Crippen LogP contribution in [0.2, 0.25) is 0 Å². The number of benzene rings is 1. The van der Waals surface area contributed by atoms with E-state index in [1.54, 1.807) is 0 Å². The van der Waals surface area contributed by atoms with Gasteiger partial charge in [-0.2, -0.15) is 0 Å². The number of aromatic nitrogens is 3. The van der Waals surface area contributed by atoms with Gasteiger partial charge in [0, 0.05) is 11.6 Å². The summed E-state index contributed by atoms with van der Waals surface area (Å²) in [7, 11) is 0. The maximum Gasteiger partial charge on any atom is 0.152 e. The lowest BCUT2D eigenvalue weighted by molar-refractivity contribution is 0.613. The van der Waals surface area contributed by atoms with Crippen LogP contribution in [0.5, 0.6) is 0 Å². The van der Waals surface area contributed by atoms with Crippen LogP contribution in [-0.2, 0) is 5.88 Å². The van der Waals surface area contributed by atoms with Crippen LogP contribution in [0.15, 0.2) is 30.3 Å². The Morgan fingerprint density at radius 3 is 2.56 bits per heavy atom. The molecule has 0 aliphatic carbocycles. The van der Waals surface area contributed by atoms with Crippen molar-refractivity contribution in [2.45, 2.75) is 38.5 Å². The first-order valence-electron chi connectivity index (χ1n) is 6.33. The summed E-state index contributed by atoms with van der Waals surface area (Å²) in [5.41, 5.74) is 1.08. The van der Waals surface area contributed by atoms with Gasteiger partial charge in [0.2, 0.25) is 0 Å². The van der Waals surface area contributed by atoms with Crippen LogP contribution in [0.1, 0.15) is 44.3 Å². The number of para-hydroxylation sites is 1. The highest BCUT2D eigenvalue weighted by molar-refractivity contribution is 6.16. The van der Waals surface area contributed by atoms with E-state index < -0.39 is 0 Å². The molecule has 0 aliphatic rings. The Bertz CT molecular complexity index is 493. The smallest absolute Gasteiger partial charge is 0.152 e. The predicted octanol–water partition coefficient (Wildman–Crippen LogP) is 3.91. The normalized spacial score (nSPS) is 12.6. The molecule has 0 N–H and O–H groups in total. The fourth-order valence-corrected chi connectivity index (χ4v) is 2.33. The van der Waals surface area contributed by atoms with E-state index >= 15 is 0 Å². The molecule has 0 amide bonds. The molecule has 1 heterocycles. The van der Waals surface area contributed by atoms with Crippen molar-refractivity contribution in [3.8, 4) is 5.69 Å². The van der Waals surface area contributed by atoms with Crippen molar-refractivity contribution in [1.82, 2.24) is 14.8 Å². The first-order valence-corrected chi connectivity index (χ1v) is 6.87. The largest absolute Gasteiger partial charge is 0.282 e. The van der Waals surface area contributed by atoms with Crippen molar-refractivity contribution in [3.63, 3.8) is 0 Å². The lowest BCUT2D eigenvalue weighted by Crippen LogP contribution is -2.07. The molecule has 1 unspecified atom stereocenters. The zero-order valence-corrected chi connectivity index (χ0v) is 11.6. The summed E-state index contributed by atoms with van der Waals surface area (Å²) in [6.07, 6.45) is 2.24. The van der Waals surface area contributed by atoms with E-state index in [1.807, 2.05) is 18.2 Å². The first-order chi connectivity index (χ1) is 8.77. The fraction of sp³-hybridized carbons (Fsp3) is 0.429. The monoisotopic (exact) mass is 263 g/mol. The highest BCUT2D eigenvalue weighted by Crippen LogP contribution is 2.23. The molecule has 1 atom stereocenters. The van der Waals surface area contributed by atoms with Gasteiger partial charge in [0.25, 0.3) is 0 Å². The quantitative estimate of drug-likeness (QED) is 0.766. The first kappa shape index (κ1) is 13.1. The molecule has 1 aromatic carbocycles. The summed E-state index contributed by atoms with van der Waals surface area (Å²) in [6, 6.07) is 10.1. The van der Waals surface area contributed by atoms with Crippen molar-refractivity contribution in [2.75, 3.05) is 0 Å². The summed E-state index contributed by atoms with van der Waals surface area (Å²) in [4.78, 5) is 0. The molecule has 18 heavy (non-hydrogen) atoms. The van der Waals surface area contributed by atoms with E-state index in [2.05, 4.69) is 40.7 Å². The number of hydrogen-bond acceptors (Lipinski definition) is 2. The molecule has 2 aromatic rings. The Morgan fingerprint density at radius 2 is 1.94 bits per heavy atom. The van der Waals surface area contributed by atoms with Crippen molar-refractivity contribution in [1.29, 1.82) is 0 Å². The van der Waals surface area contributed by atoms with Crippen LogP contribution in [0, 0.1) is 0 Å². The molecule has 3 nitrogen and oxygen atoms in total. The maximum absolute atomic E-state index is 5.95. The average Bonchev–Trinajstić information content (AvgIpc) is 2.83. The second-order valence-electron chi connectivity index (χ2n) is 4.47. The summed E-state index contributed by atoms with van der Waals surface area (Å²) < 4.78 is 2.08. The highest BCUT2D eigenvalue weighted by Gasteiger charge is 2.17. The van der Waals surface area contributed by atoms with Crippen LogP contribution in [-0.4, -0.2) is 14.8 Å². The van der Waals surface area contributed by atoms with E-state index in [-0.39, 0.29) is 0 Å². The molecule has 96 valence electrons. The van der Waals surface area contributed by atoms with Crippen LogP contribution in [0.3, 0.4) is 0 Å². The zero-order valence-electron chi connectivity index (χ0n) is 10.8. The Labute approximate surface area is 113 Å². The van der Waals surface area contributed by atoms with Crippen molar-refractivity contribution in [2.24, 2.45) is 0 Å². The van der Waals surface area contributed by atoms with Crippen LogP contribution in [0.25, 0.3) is 5.69 Å². The van der Waals surface area contributed by atoms with Gasteiger partial charge in [0.15, 0.2) is 5.82 Å². The molecule has 0 saturated carbocycles. The van der Waals surface area contributed by atoms with Gasteiger partial charge in [-0.3, -0.25) is 4.57 Å². The van der Waals surface area contributed by atoms with Gasteiger partial charge in [0.1, 0.15) is 5.82 Å². The third kappa shape index (κ3) is 2.56. The van der Waals surface area contributed by atoms with Gasteiger partial charge in [-0.15, -0.1) is 21.8 Å². The Morgan fingerprint density at radius 1 is 1.22 bits per heavy atom. The van der Waals surface area contributed by atoms with Crippen molar-refractivity contribution < 1.29 is 0 Å². The number of rotatable bonds is 5. The highest BCUT2D eigenvalue weighted by atomic mass is 35.5. The van der Waals surface area contributed by atoms with Crippen molar-refractivity contribution in [3.05, 3.63) is 42.0 Å². The molecule has 0 saturated heterocycles. The Hall–Kier alpha value is -1.35. The van der Waals surface area contributed by atoms with E-state index in [0.29, 0.717) is 11.8 Å². The molecule has 0 radical (unpaired) electrons. The van der Waals surface area contributed by atoms with Gasteiger partial charge in [-0.1, -0.05) is 38.5 Å². The number of hydrogen-bond donors (Lipinski definition) is 0. The maximum atomic E-state index is 5.95. The molecular formula is C14H18ClN3. The van der Waals surface area contributed by atoms with Gasteiger partial charge in [-0.05, 0) is 18.6 Å². The number of alkyl halides is 1. The van der Waals surface area contributed by atoms with Gasteiger partial charge in [-0.25, -0.2) is 0 Å². The van der Waals surface area contributed by atoms with E-state index in [0.717, 1.165) is 30.2 Å². The third-order valence-corrected chi connectivity index (χ3v) is 3.29. The second kappa shape index (κ2) is 6.01. The van der Waals surface area contributed by atoms with E-state index in [1.165, 1.54) is 0 Å². The summed E-state index contributed by atoms with van der Waals surface area (Å²) in [6.45, 7) is 4.37. The molecular weight excluding hydrogens is 246 g/mol. The average molecular weight is 264 g/mol. The van der Waals surface area contributed by atoms with Gasteiger partial charge < -0.3 is 0 Å². The molecule has 0 aliphatic heterocycles. The molecule has 2 rings (SSSR count). The standard InChI is InChI=1S/C14H18ClN3/c1-3-7-11(2)14-17-16-13(10-15)18(14)12-8-5-4-6-9-12/h4-6,8-9,11H,3,7,10H2,1-2H3. The molecule has 0 fully saturated rings. The second-order valence-corrected chi connectivity index (χ2v) is 4.74. The summed E-state index contributed by atoms with van der Waals surface area (Å²) >= 11 is 5.95. The Kier molecular flexibility index (Phi) is 4.37. The van der Waals surface area contributed by atoms with E-state index in [4.69, 9.17) is 11.6 Å². The molecule has 0 spiro atoms. The summed E-state index contributed by atoms with van der Waals surface area (Å²) in [5.74, 6) is 2.57. The minimum Gasteiger partial charge on any atom is -0.282 e. The Balaban J connectivity index is 2.46.